The van der Waals surface area contributed by atoms with E-state index in [0.29, 0.717) is 12.0 Å². The van der Waals surface area contributed by atoms with Crippen molar-refractivity contribution in [2.24, 2.45) is 16.6 Å². The third-order valence-electron chi connectivity index (χ3n) is 3.43. The average Bonchev–Trinajstić information content (AvgIpc) is 2.77. The van der Waals surface area contributed by atoms with E-state index in [9.17, 15) is 0 Å². The van der Waals surface area contributed by atoms with Crippen molar-refractivity contribution in [3.63, 3.8) is 0 Å². The highest BCUT2D eigenvalue weighted by atomic mass is 15.3. The van der Waals surface area contributed by atoms with E-state index in [2.05, 4.69) is 42.5 Å². The maximum atomic E-state index is 6.03. The Morgan fingerprint density at radius 1 is 1.41 bits per heavy atom. The first-order chi connectivity index (χ1) is 8.08. The van der Waals surface area contributed by atoms with Crippen LogP contribution in [0.15, 0.2) is 4.99 Å². The molecule has 2 N–H and O–H groups in total. The van der Waals surface area contributed by atoms with Crippen molar-refractivity contribution in [2.45, 2.75) is 40.2 Å². The summed E-state index contributed by atoms with van der Waals surface area (Å²) in [6.45, 7) is 13.9. The van der Waals surface area contributed by atoms with Gasteiger partial charge in [-0.3, -0.25) is 9.89 Å². The lowest BCUT2D eigenvalue weighted by atomic mass is 10.2. The Morgan fingerprint density at radius 3 is 2.59 bits per heavy atom. The minimum absolute atomic E-state index is 0.578. The molecule has 4 heteroatoms. The summed E-state index contributed by atoms with van der Waals surface area (Å²) in [5.74, 6) is 1.31. The van der Waals surface area contributed by atoms with Gasteiger partial charge in [0.25, 0.3) is 0 Å². The van der Waals surface area contributed by atoms with Crippen LogP contribution in [-0.4, -0.2) is 54.5 Å². The molecule has 1 rings (SSSR count). The van der Waals surface area contributed by atoms with E-state index in [1.54, 1.807) is 0 Å². The highest BCUT2D eigenvalue weighted by Gasteiger charge is 2.26. The van der Waals surface area contributed by atoms with Gasteiger partial charge >= 0.3 is 0 Å². The molecule has 1 saturated heterocycles. The van der Waals surface area contributed by atoms with Gasteiger partial charge in [0.15, 0.2) is 5.96 Å². The molecule has 17 heavy (non-hydrogen) atoms. The molecule has 0 aliphatic carbocycles. The first kappa shape index (κ1) is 14.3. The lowest BCUT2D eigenvalue weighted by molar-refractivity contribution is 0.223. The molecule has 4 nitrogen and oxygen atoms in total. The summed E-state index contributed by atoms with van der Waals surface area (Å²) in [5.41, 5.74) is 6.03. The summed E-state index contributed by atoms with van der Waals surface area (Å²) in [5, 5.41) is 0. The van der Waals surface area contributed by atoms with Crippen molar-refractivity contribution >= 4 is 5.96 Å². The van der Waals surface area contributed by atoms with E-state index < -0.39 is 0 Å². The van der Waals surface area contributed by atoms with E-state index in [-0.39, 0.29) is 0 Å². The van der Waals surface area contributed by atoms with Gasteiger partial charge in [0.2, 0.25) is 0 Å². The Labute approximate surface area is 106 Å². The minimum Gasteiger partial charge on any atom is -0.370 e. The van der Waals surface area contributed by atoms with Crippen LogP contribution in [0.25, 0.3) is 0 Å². The number of rotatable bonds is 5. The molecular formula is C13H28N4. The molecule has 0 aromatic heterocycles. The second-order valence-corrected chi connectivity index (χ2v) is 5.20. The summed E-state index contributed by atoms with van der Waals surface area (Å²) in [6.07, 6.45) is 1.21. The third-order valence-corrected chi connectivity index (χ3v) is 3.43. The van der Waals surface area contributed by atoms with E-state index in [0.717, 1.165) is 38.7 Å². The number of guanidine groups is 1. The maximum Gasteiger partial charge on any atom is 0.191 e. The van der Waals surface area contributed by atoms with Gasteiger partial charge in [0.05, 0.1) is 0 Å². The topological polar surface area (TPSA) is 44.9 Å². The van der Waals surface area contributed by atoms with Crippen LogP contribution in [0.5, 0.6) is 0 Å². The van der Waals surface area contributed by atoms with Crippen molar-refractivity contribution in [1.82, 2.24) is 9.80 Å². The molecule has 100 valence electrons. The van der Waals surface area contributed by atoms with Crippen molar-refractivity contribution < 1.29 is 0 Å². The van der Waals surface area contributed by atoms with Gasteiger partial charge in [-0.25, -0.2) is 0 Å². The van der Waals surface area contributed by atoms with Crippen LogP contribution in [-0.2, 0) is 0 Å². The zero-order valence-electron chi connectivity index (χ0n) is 11.8. The van der Waals surface area contributed by atoms with Crippen LogP contribution in [0.4, 0.5) is 0 Å². The Morgan fingerprint density at radius 2 is 2.06 bits per heavy atom. The van der Waals surface area contributed by atoms with Crippen molar-refractivity contribution in [2.75, 3.05) is 32.7 Å². The minimum atomic E-state index is 0.578. The van der Waals surface area contributed by atoms with Crippen LogP contribution in [0, 0.1) is 5.92 Å². The molecule has 1 heterocycles. The summed E-state index contributed by atoms with van der Waals surface area (Å²) < 4.78 is 0. The zero-order chi connectivity index (χ0) is 12.8. The van der Waals surface area contributed by atoms with Gasteiger partial charge in [0, 0.05) is 25.7 Å². The van der Waals surface area contributed by atoms with Crippen molar-refractivity contribution in [3.05, 3.63) is 0 Å². The van der Waals surface area contributed by atoms with Gasteiger partial charge in [0.1, 0.15) is 0 Å². The van der Waals surface area contributed by atoms with Crippen LogP contribution in [0.3, 0.4) is 0 Å². The number of nitrogens with zero attached hydrogens (tertiary/aromatic N) is 3. The maximum absolute atomic E-state index is 6.03. The summed E-state index contributed by atoms with van der Waals surface area (Å²) in [7, 11) is 0. The molecule has 0 bridgehead atoms. The van der Waals surface area contributed by atoms with Gasteiger partial charge in [-0.1, -0.05) is 27.7 Å². The second-order valence-electron chi connectivity index (χ2n) is 5.20. The van der Waals surface area contributed by atoms with E-state index >= 15 is 0 Å². The van der Waals surface area contributed by atoms with Crippen LogP contribution >= 0.6 is 0 Å². The van der Waals surface area contributed by atoms with E-state index in [4.69, 9.17) is 5.73 Å². The standard InChI is InChI=1S/C13H28N4/c1-5-16(6-2)12-7-8-17(10-12)13(14)15-9-11(3)4/h11-12H,5-10H2,1-4H3,(H2,14,15). The van der Waals surface area contributed by atoms with Gasteiger partial charge in [-0.05, 0) is 25.4 Å². The van der Waals surface area contributed by atoms with Crippen LogP contribution in [0.1, 0.15) is 34.1 Å². The highest BCUT2D eigenvalue weighted by molar-refractivity contribution is 5.78. The fourth-order valence-corrected chi connectivity index (χ4v) is 2.36. The Kier molecular flexibility index (Phi) is 5.75. The fourth-order valence-electron chi connectivity index (χ4n) is 2.36. The molecule has 1 atom stereocenters. The fraction of sp³-hybridized carbons (Fsp3) is 0.923. The summed E-state index contributed by atoms with van der Waals surface area (Å²) in [6, 6.07) is 0.651. The number of aliphatic imine (C=N–C) groups is 1. The molecule has 1 aliphatic rings. The van der Waals surface area contributed by atoms with Gasteiger partial charge in [-0.15, -0.1) is 0 Å². The lowest BCUT2D eigenvalue weighted by Gasteiger charge is -2.26. The van der Waals surface area contributed by atoms with E-state index in [1.165, 1.54) is 6.42 Å². The number of nitrogens with two attached hydrogens (primary N) is 1. The smallest absolute Gasteiger partial charge is 0.191 e. The van der Waals surface area contributed by atoms with Crippen LogP contribution < -0.4 is 5.73 Å². The third kappa shape index (κ3) is 4.19. The van der Waals surface area contributed by atoms with Gasteiger partial charge in [-0.2, -0.15) is 0 Å². The first-order valence-corrected chi connectivity index (χ1v) is 6.87. The normalized spacial score (nSPS) is 21.9. The molecule has 1 aliphatic heterocycles. The quantitative estimate of drug-likeness (QED) is 0.583. The molecule has 1 unspecified atom stereocenters. The Bertz CT molecular complexity index is 246. The Balaban J connectivity index is 2.46. The SMILES string of the molecule is CCN(CC)C1CCN(C(N)=NCC(C)C)C1. The van der Waals surface area contributed by atoms with Crippen LogP contribution in [0.2, 0.25) is 0 Å². The monoisotopic (exact) mass is 240 g/mol. The van der Waals surface area contributed by atoms with E-state index in [1.807, 2.05) is 0 Å². The Hall–Kier alpha value is -0.770. The molecule has 0 saturated carbocycles. The second kappa shape index (κ2) is 6.84. The number of hydrogen-bond acceptors (Lipinski definition) is 2. The predicted octanol–water partition coefficient (Wildman–Crippen LogP) is 1.37. The van der Waals surface area contributed by atoms with Crippen molar-refractivity contribution in [1.29, 1.82) is 0 Å². The summed E-state index contributed by atoms with van der Waals surface area (Å²) in [4.78, 5) is 9.19. The number of likely N-dealkylation sites (tertiary alicyclic amines) is 1. The predicted molar refractivity (Wildman–Crippen MR) is 74.2 cm³/mol. The molecule has 0 aromatic carbocycles. The molecule has 0 radical (unpaired) electrons. The molecule has 0 spiro atoms. The lowest BCUT2D eigenvalue weighted by Crippen LogP contribution is -2.41. The average molecular weight is 240 g/mol. The van der Waals surface area contributed by atoms with Gasteiger partial charge < -0.3 is 10.6 Å². The number of likely N-dealkylation sites (N-methyl/N-ethyl adjacent to an activating group) is 1. The molecule has 0 amide bonds. The molecule has 1 fully saturated rings. The first-order valence-electron chi connectivity index (χ1n) is 6.87. The van der Waals surface area contributed by atoms with Crippen molar-refractivity contribution in [3.8, 4) is 0 Å². The molecule has 0 aromatic rings. The molecular weight excluding hydrogens is 212 g/mol. The zero-order valence-corrected chi connectivity index (χ0v) is 11.8. The largest absolute Gasteiger partial charge is 0.370 e. The summed E-state index contributed by atoms with van der Waals surface area (Å²) >= 11 is 0. The number of hydrogen-bond donors (Lipinski definition) is 1. The highest BCUT2D eigenvalue weighted by Crippen LogP contribution is 2.15.